The molecule has 1 aliphatic rings. The number of carbonyl (C=O) groups is 2. The van der Waals surface area contributed by atoms with Crippen LogP contribution >= 0.6 is 0 Å². The van der Waals surface area contributed by atoms with Crippen LogP contribution in [0.25, 0.3) is 11.3 Å². The van der Waals surface area contributed by atoms with E-state index in [0.717, 1.165) is 5.56 Å². The second-order valence-electron chi connectivity index (χ2n) is 7.01. The SMILES string of the molecule is COc1ccc(-c2nn3c(c2C)NC(=O)C[C@H]3C(=O)Nc2cc(F)c(F)c(F)c2)cc1. The van der Waals surface area contributed by atoms with E-state index in [2.05, 4.69) is 15.7 Å². The molecule has 1 aromatic heterocycles. The molecule has 1 atom stereocenters. The van der Waals surface area contributed by atoms with Gasteiger partial charge in [0.25, 0.3) is 0 Å². The van der Waals surface area contributed by atoms with Gasteiger partial charge < -0.3 is 15.4 Å². The summed E-state index contributed by atoms with van der Waals surface area (Å²) in [4.78, 5) is 25.0. The number of rotatable bonds is 4. The normalized spacial score (nSPS) is 15.3. The first kappa shape index (κ1) is 20.5. The van der Waals surface area contributed by atoms with Crippen LogP contribution in [0.1, 0.15) is 18.0 Å². The molecule has 0 radical (unpaired) electrons. The third kappa shape index (κ3) is 3.72. The van der Waals surface area contributed by atoms with Gasteiger partial charge in [0, 0.05) is 28.9 Å². The van der Waals surface area contributed by atoms with Gasteiger partial charge in [0.05, 0.1) is 19.2 Å². The van der Waals surface area contributed by atoms with E-state index in [4.69, 9.17) is 4.74 Å². The quantitative estimate of drug-likeness (QED) is 0.617. The summed E-state index contributed by atoms with van der Waals surface area (Å²) in [5.41, 5.74) is 1.68. The van der Waals surface area contributed by atoms with E-state index in [1.807, 2.05) is 0 Å². The lowest BCUT2D eigenvalue weighted by atomic mass is 10.1. The van der Waals surface area contributed by atoms with Crippen LogP contribution in [0.3, 0.4) is 0 Å². The van der Waals surface area contributed by atoms with Crippen molar-refractivity contribution in [2.24, 2.45) is 0 Å². The number of carbonyl (C=O) groups excluding carboxylic acids is 2. The smallest absolute Gasteiger partial charge is 0.249 e. The van der Waals surface area contributed by atoms with E-state index in [9.17, 15) is 22.8 Å². The van der Waals surface area contributed by atoms with Gasteiger partial charge in [0.15, 0.2) is 17.5 Å². The molecule has 31 heavy (non-hydrogen) atoms. The Labute approximate surface area is 174 Å². The van der Waals surface area contributed by atoms with Gasteiger partial charge in [-0.25, -0.2) is 17.9 Å². The van der Waals surface area contributed by atoms with Crippen LogP contribution in [0, 0.1) is 24.4 Å². The number of halogens is 3. The van der Waals surface area contributed by atoms with Crippen molar-refractivity contribution in [3.8, 4) is 17.0 Å². The maximum Gasteiger partial charge on any atom is 0.249 e. The molecular weight excluding hydrogens is 413 g/mol. The van der Waals surface area contributed by atoms with Crippen LogP contribution in [0.2, 0.25) is 0 Å². The lowest BCUT2D eigenvalue weighted by Crippen LogP contribution is -2.36. The van der Waals surface area contributed by atoms with Gasteiger partial charge in [-0.15, -0.1) is 0 Å². The monoisotopic (exact) mass is 430 g/mol. The molecule has 2 heterocycles. The minimum Gasteiger partial charge on any atom is -0.497 e. The Morgan fingerprint density at radius 2 is 1.84 bits per heavy atom. The number of fused-ring (bicyclic) bond motifs is 1. The lowest BCUT2D eigenvalue weighted by Gasteiger charge is -2.24. The van der Waals surface area contributed by atoms with E-state index in [-0.39, 0.29) is 12.1 Å². The van der Waals surface area contributed by atoms with Gasteiger partial charge in [-0.3, -0.25) is 9.59 Å². The van der Waals surface area contributed by atoms with E-state index < -0.39 is 35.3 Å². The van der Waals surface area contributed by atoms with Crippen molar-refractivity contribution in [3.05, 3.63) is 59.4 Å². The molecule has 0 spiro atoms. The van der Waals surface area contributed by atoms with Crippen LogP contribution in [0.4, 0.5) is 24.7 Å². The second kappa shape index (κ2) is 7.78. The van der Waals surface area contributed by atoms with Gasteiger partial charge in [-0.2, -0.15) is 5.10 Å². The Hall–Kier alpha value is -3.82. The van der Waals surface area contributed by atoms with Crippen LogP contribution in [0.5, 0.6) is 5.75 Å². The molecule has 0 bridgehead atoms. The number of aromatic nitrogens is 2. The molecule has 0 unspecified atom stereocenters. The summed E-state index contributed by atoms with van der Waals surface area (Å²) in [6.07, 6.45) is -0.228. The zero-order chi connectivity index (χ0) is 22.3. The van der Waals surface area contributed by atoms with Gasteiger partial charge >= 0.3 is 0 Å². The molecule has 0 saturated carbocycles. The van der Waals surface area contributed by atoms with Crippen molar-refractivity contribution < 1.29 is 27.5 Å². The predicted octanol–water partition coefficient (Wildman–Crippen LogP) is 3.81. The van der Waals surface area contributed by atoms with Crippen molar-refractivity contribution in [3.63, 3.8) is 0 Å². The number of nitrogens with zero attached hydrogens (tertiary/aromatic N) is 2. The van der Waals surface area contributed by atoms with Crippen LogP contribution in [-0.2, 0) is 9.59 Å². The van der Waals surface area contributed by atoms with Crippen molar-refractivity contribution in [1.82, 2.24) is 9.78 Å². The van der Waals surface area contributed by atoms with Gasteiger partial charge in [0.2, 0.25) is 11.8 Å². The zero-order valence-electron chi connectivity index (χ0n) is 16.5. The zero-order valence-corrected chi connectivity index (χ0v) is 16.5. The summed E-state index contributed by atoms with van der Waals surface area (Å²) in [7, 11) is 1.55. The molecule has 2 aromatic carbocycles. The van der Waals surface area contributed by atoms with Crippen molar-refractivity contribution in [2.45, 2.75) is 19.4 Å². The Morgan fingerprint density at radius 1 is 1.19 bits per heavy atom. The summed E-state index contributed by atoms with van der Waals surface area (Å²) < 4.78 is 46.6. The first-order valence-corrected chi connectivity index (χ1v) is 9.27. The van der Waals surface area contributed by atoms with E-state index >= 15 is 0 Å². The number of hydrogen-bond acceptors (Lipinski definition) is 4. The van der Waals surface area contributed by atoms with Gasteiger partial charge in [-0.05, 0) is 31.2 Å². The standard InChI is InChI=1S/C21H17F3N4O3/c1-10-19(11-3-5-13(31-2)6-4-11)27-28-16(9-17(29)26-20(10)28)21(30)25-12-7-14(22)18(24)15(23)8-12/h3-8,16H,9H2,1-2H3,(H,25,30)(H,26,29)/t16-/m0/s1. The third-order valence-electron chi connectivity index (χ3n) is 5.00. The highest BCUT2D eigenvalue weighted by molar-refractivity contribution is 6.02. The summed E-state index contributed by atoms with van der Waals surface area (Å²) in [5.74, 6) is -4.63. The number of ether oxygens (including phenoxy) is 1. The van der Waals surface area contributed by atoms with Crippen molar-refractivity contribution >= 4 is 23.3 Å². The van der Waals surface area contributed by atoms with E-state index in [0.29, 0.717) is 35.0 Å². The molecule has 0 fully saturated rings. The summed E-state index contributed by atoms with van der Waals surface area (Å²) in [5, 5.41) is 9.52. The molecule has 0 aliphatic carbocycles. The maximum atomic E-state index is 13.5. The fourth-order valence-electron chi connectivity index (χ4n) is 3.42. The highest BCUT2D eigenvalue weighted by Gasteiger charge is 2.34. The Bertz CT molecular complexity index is 1170. The summed E-state index contributed by atoms with van der Waals surface area (Å²) in [6.45, 7) is 1.75. The van der Waals surface area contributed by atoms with Crippen LogP contribution in [-0.4, -0.2) is 28.7 Å². The lowest BCUT2D eigenvalue weighted by molar-refractivity contribution is -0.125. The number of amides is 2. The molecule has 3 aromatic rings. The molecule has 2 amide bonds. The van der Waals surface area contributed by atoms with Gasteiger partial charge in [0.1, 0.15) is 17.6 Å². The fraction of sp³-hybridized carbons (Fsp3) is 0.190. The molecule has 7 nitrogen and oxygen atoms in total. The molecule has 4 rings (SSSR count). The predicted molar refractivity (Wildman–Crippen MR) is 106 cm³/mol. The topological polar surface area (TPSA) is 85.2 Å². The minimum atomic E-state index is -1.64. The average Bonchev–Trinajstić information content (AvgIpc) is 3.07. The third-order valence-corrected chi connectivity index (χ3v) is 5.00. The van der Waals surface area contributed by atoms with Crippen molar-refractivity contribution in [2.75, 3.05) is 17.7 Å². The number of nitrogens with one attached hydrogen (secondary N) is 2. The van der Waals surface area contributed by atoms with Crippen LogP contribution < -0.4 is 15.4 Å². The summed E-state index contributed by atoms with van der Waals surface area (Å²) in [6, 6.07) is 7.36. The number of benzene rings is 2. The van der Waals surface area contributed by atoms with Gasteiger partial charge in [-0.1, -0.05) is 0 Å². The summed E-state index contributed by atoms with van der Waals surface area (Å²) >= 11 is 0. The second-order valence-corrected chi connectivity index (χ2v) is 7.01. The number of hydrogen-bond donors (Lipinski definition) is 2. The number of anilines is 2. The highest BCUT2D eigenvalue weighted by atomic mass is 19.2. The maximum absolute atomic E-state index is 13.5. The number of methoxy groups -OCH3 is 1. The van der Waals surface area contributed by atoms with Crippen molar-refractivity contribution in [1.29, 1.82) is 0 Å². The minimum absolute atomic E-state index is 0.228. The molecule has 2 N–H and O–H groups in total. The molecule has 0 saturated heterocycles. The Kier molecular flexibility index (Phi) is 5.14. The molecular formula is C21H17F3N4O3. The fourth-order valence-corrected chi connectivity index (χ4v) is 3.42. The Morgan fingerprint density at radius 3 is 2.45 bits per heavy atom. The molecule has 160 valence electrons. The molecule has 10 heteroatoms. The Balaban J connectivity index is 1.68. The largest absolute Gasteiger partial charge is 0.497 e. The van der Waals surface area contributed by atoms with Crippen LogP contribution in [0.15, 0.2) is 36.4 Å². The average molecular weight is 430 g/mol. The highest BCUT2D eigenvalue weighted by Crippen LogP contribution is 2.35. The first-order chi connectivity index (χ1) is 14.8. The molecule has 1 aliphatic heterocycles. The first-order valence-electron chi connectivity index (χ1n) is 9.27. The van der Waals surface area contributed by atoms with E-state index in [1.165, 1.54) is 4.68 Å². The van der Waals surface area contributed by atoms with E-state index in [1.54, 1.807) is 38.3 Å².